The molecule has 0 atom stereocenters. The van der Waals surface area contributed by atoms with Crippen LogP contribution in [0.5, 0.6) is 5.75 Å². The monoisotopic (exact) mass is 213 g/mol. The van der Waals surface area contributed by atoms with Crippen LogP contribution in [0, 0.1) is 0 Å². The Kier molecular flexibility index (Phi) is 2.19. The number of fused-ring (bicyclic) bond motifs is 1. The molecule has 0 aliphatic heterocycles. The smallest absolute Gasteiger partial charge is 0.139 e. The molecule has 0 saturated heterocycles. The Morgan fingerprint density at radius 2 is 1.73 bits per heavy atom. The van der Waals surface area contributed by atoms with E-state index in [1.54, 1.807) is 6.07 Å². The molecule has 0 aromatic carbocycles. The van der Waals surface area contributed by atoms with Crippen molar-refractivity contribution in [3.05, 3.63) is 36.7 Å². The molecular formula is C8H8BrNO. The predicted octanol–water partition coefficient (Wildman–Crippen LogP) is 2.22. The average Bonchev–Trinajstić information content (AvgIpc) is 2.36. The van der Waals surface area contributed by atoms with Crippen molar-refractivity contribution < 1.29 is 5.11 Å². The zero-order valence-electron chi connectivity index (χ0n) is 5.77. The van der Waals surface area contributed by atoms with Crippen LogP contribution in [0.2, 0.25) is 0 Å². The fourth-order valence-electron chi connectivity index (χ4n) is 1.05. The average molecular weight is 214 g/mol. The van der Waals surface area contributed by atoms with Gasteiger partial charge < -0.3 is 9.51 Å². The molecule has 0 aliphatic carbocycles. The molecule has 0 saturated carbocycles. The second-order valence-corrected chi connectivity index (χ2v) is 2.19. The van der Waals surface area contributed by atoms with Gasteiger partial charge in [0, 0.05) is 12.4 Å². The molecule has 2 heterocycles. The molecule has 0 radical (unpaired) electrons. The molecule has 3 heteroatoms. The van der Waals surface area contributed by atoms with Crippen LogP contribution in [-0.2, 0) is 0 Å². The van der Waals surface area contributed by atoms with Crippen molar-refractivity contribution in [3.8, 4) is 5.75 Å². The number of hydrogen-bond donors (Lipinski definition) is 1. The summed E-state index contributed by atoms with van der Waals surface area (Å²) in [5, 5.41) is 9.24. The first-order valence-corrected chi connectivity index (χ1v) is 3.12. The number of hydrogen-bond acceptors (Lipinski definition) is 1. The summed E-state index contributed by atoms with van der Waals surface area (Å²) in [6.07, 6.45) is 3.80. The highest BCUT2D eigenvalue weighted by atomic mass is 79.9. The van der Waals surface area contributed by atoms with Gasteiger partial charge in [0.15, 0.2) is 0 Å². The molecule has 58 valence electrons. The summed E-state index contributed by atoms with van der Waals surface area (Å²) in [5.41, 5.74) is 0.850. The van der Waals surface area contributed by atoms with Crippen molar-refractivity contribution in [2.75, 3.05) is 0 Å². The Bertz CT molecular complexity index is 356. The summed E-state index contributed by atoms with van der Waals surface area (Å²) < 4.78 is 1.87. The minimum atomic E-state index is 0. The first kappa shape index (κ1) is 8.14. The van der Waals surface area contributed by atoms with Gasteiger partial charge in [-0.3, -0.25) is 0 Å². The highest BCUT2D eigenvalue weighted by Crippen LogP contribution is 2.16. The fourth-order valence-corrected chi connectivity index (χ4v) is 1.05. The lowest BCUT2D eigenvalue weighted by molar-refractivity contribution is 0.479. The molecule has 1 N–H and O–H groups in total. The van der Waals surface area contributed by atoms with Crippen LogP contribution in [0.4, 0.5) is 0 Å². The van der Waals surface area contributed by atoms with Crippen LogP contribution in [0.3, 0.4) is 0 Å². The van der Waals surface area contributed by atoms with E-state index in [1.807, 2.05) is 35.0 Å². The Morgan fingerprint density at radius 3 is 2.36 bits per heavy atom. The second-order valence-electron chi connectivity index (χ2n) is 2.19. The van der Waals surface area contributed by atoms with Gasteiger partial charge in [0.05, 0.1) is 5.52 Å². The van der Waals surface area contributed by atoms with E-state index in [0.717, 1.165) is 5.52 Å². The molecule has 0 fully saturated rings. The van der Waals surface area contributed by atoms with E-state index in [-0.39, 0.29) is 17.0 Å². The standard InChI is InChI=1S/C8H7NO.BrH/c10-8-4-2-6-9-5-1-3-7(8)9;/h1-6,10H;1H. The third kappa shape index (κ3) is 1.24. The van der Waals surface area contributed by atoms with Crippen molar-refractivity contribution in [1.82, 2.24) is 4.40 Å². The van der Waals surface area contributed by atoms with Crippen LogP contribution in [-0.4, -0.2) is 9.51 Å². The molecule has 11 heavy (non-hydrogen) atoms. The third-order valence-corrected chi connectivity index (χ3v) is 1.54. The zero-order chi connectivity index (χ0) is 6.97. The lowest BCUT2D eigenvalue weighted by Gasteiger charge is -1.94. The van der Waals surface area contributed by atoms with E-state index in [2.05, 4.69) is 0 Å². The van der Waals surface area contributed by atoms with Crippen LogP contribution in [0.15, 0.2) is 36.7 Å². The molecular weight excluding hydrogens is 206 g/mol. The van der Waals surface area contributed by atoms with Crippen molar-refractivity contribution in [1.29, 1.82) is 0 Å². The lowest BCUT2D eigenvalue weighted by atomic mass is 10.4. The maximum atomic E-state index is 9.24. The molecule has 2 rings (SSSR count). The van der Waals surface area contributed by atoms with Gasteiger partial charge in [-0.25, -0.2) is 0 Å². The molecule has 2 aromatic heterocycles. The third-order valence-electron chi connectivity index (χ3n) is 1.54. The highest BCUT2D eigenvalue weighted by molar-refractivity contribution is 8.93. The molecule has 0 aliphatic rings. The molecule has 2 aromatic rings. The Morgan fingerprint density at radius 1 is 1.09 bits per heavy atom. The summed E-state index contributed by atoms with van der Waals surface area (Å²) in [6.45, 7) is 0. The molecule has 0 unspecified atom stereocenters. The maximum absolute atomic E-state index is 9.24. The normalized spacial score (nSPS) is 9.45. The number of pyridine rings is 1. The number of rotatable bonds is 0. The first-order chi connectivity index (χ1) is 4.88. The van der Waals surface area contributed by atoms with E-state index < -0.39 is 0 Å². The summed E-state index contributed by atoms with van der Waals surface area (Å²) in [7, 11) is 0. The van der Waals surface area contributed by atoms with Crippen molar-refractivity contribution in [3.63, 3.8) is 0 Å². The SMILES string of the molecule is Br.Oc1cccn2cccc12. The van der Waals surface area contributed by atoms with Gasteiger partial charge in [0.1, 0.15) is 5.75 Å². The molecule has 0 amide bonds. The van der Waals surface area contributed by atoms with Crippen LogP contribution >= 0.6 is 17.0 Å². The van der Waals surface area contributed by atoms with Gasteiger partial charge in [-0.15, -0.1) is 17.0 Å². The second kappa shape index (κ2) is 2.96. The van der Waals surface area contributed by atoms with Crippen LogP contribution in [0.25, 0.3) is 5.52 Å². The lowest BCUT2D eigenvalue weighted by Crippen LogP contribution is -1.78. The van der Waals surface area contributed by atoms with Crippen LogP contribution in [0.1, 0.15) is 0 Å². The highest BCUT2D eigenvalue weighted by Gasteiger charge is 1.94. The first-order valence-electron chi connectivity index (χ1n) is 3.12. The van der Waals surface area contributed by atoms with E-state index in [0.29, 0.717) is 5.75 Å². The van der Waals surface area contributed by atoms with Crippen molar-refractivity contribution in [2.24, 2.45) is 0 Å². The molecule has 0 spiro atoms. The van der Waals surface area contributed by atoms with E-state index >= 15 is 0 Å². The maximum Gasteiger partial charge on any atom is 0.139 e. The van der Waals surface area contributed by atoms with Gasteiger partial charge in [-0.05, 0) is 24.3 Å². The van der Waals surface area contributed by atoms with Gasteiger partial charge in [0.2, 0.25) is 0 Å². The van der Waals surface area contributed by atoms with Gasteiger partial charge in [-0.1, -0.05) is 0 Å². The van der Waals surface area contributed by atoms with Gasteiger partial charge in [0.25, 0.3) is 0 Å². The van der Waals surface area contributed by atoms with Crippen LogP contribution < -0.4 is 0 Å². The summed E-state index contributed by atoms with van der Waals surface area (Å²) in [6, 6.07) is 7.25. The summed E-state index contributed by atoms with van der Waals surface area (Å²) >= 11 is 0. The predicted molar refractivity (Wildman–Crippen MR) is 49.4 cm³/mol. The Balaban J connectivity index is 0.000000605. The molecule has 2 nitrogen and oxygen atoms in total. The Labute approximate surface area is 74.9 Å². The zero-order valence-corrected chi connectivity index (χ0v) is 7.48. The van der Waals surface area contributed by atoms with Gasteiger partial charge >= 0.3 is 0 Å². The summed E-state index contributed by atoms with van der Waals surface area (Å²) in [5.74, 6) is 0.326. The van der Waals surface area contributed by atoms with E-state index in [1.165, 1.54) is 0 Å². The largest absolute Gasteiger partial charge is 0.506 e. The quantitative estimate of drug-likeness (QED) is 0.714. The summed E-state index contributed by atoms with van der Waals surface area (Å²) in [4.78, 5) is 0. The number of nitrogens with zero attached hydrogens (tertiary/aromatic N) is 1. The van der Waals surface area contributed by atoms with Gasteiger partial charge in [-0.2, -0.15) is 0 Å². The number of aromatic nitrogens is 1. The van der Waals surface area contributed by atoms with E-state index in [4.69, 9.17) is 0 Å². The van der Waals surface area contributed by atoms with E-state index in [9.17, 15) is 5.11 Å². The number of halogens is 1. The van der Waals surface area contributed by atoms with Crippen molar-refractivity contribution in [2.45, 2.75) is 0 Å². The number of aromatic hydroxyl groups is 1. The van der Waals surface area contributed by atoms with Crippen molar-refractivity contribution >= 4 is 22.5 Å². The minimum Gasteiger partial charge on any atom is -0.506 e. The Hall–Kier alpha value is -0.960. The topological polar surface area (TPSA) is 24.6 Å². The molecule has 0 bridgehead atoms. The fraction of sp³-hybridized carbons (Fsp3) is 0. The minimum absolute atomic E-state index is 0.